The highest BCUT2D eigenvalue weighted by Gasteiger charge is 2.16. The van der Waals surface area contributed by atoms with Crippen molar-refractivity contribution in [1.82, 2.24) is 10.1 Å². The van der Waals surface area contributed by atoms with Gasteiger partial charge in [0.15, 0.2) is 5.69 Å². The summed E-state index contributed by atoms with van der Waals surface area (Å²) in [4.78, 5) is 13.2. The number of aryl methyl sites for hydroxylation is 1. The molecular weight excluding hydrogens is 204 g/mol. The summed E-state index contributed by atoms with van der Waals surface area (Å²) in [7, 11) is 1.69. The number of amides is 1. The molecule has 0 N–H and O–H groups in total. The van der Waals surface area contributed by atoms with Crippen LogP contribution in [-0.2, 0) is 0 Å². The maximum Gasteiger partial charge on any atom is 0.275 e. The second-order valence-corrected chi connectivity index (χ2v) is 4.03. The van der Waals surface area contributed by atoms with E-state index < -0.39 is 0 Å². The summed E-state index contributed by atoms with van der Waals surface area (Å²) in [6, 6.07) is 1.61. The average Bonchev–Trinajstić information content (AvgIpc) is 2.49. The van der Waals surface area contributed by atoms with Crippen molar-refractivity contribution in [3.63, 3.8) is 0 Å². The van der Waals surface area contributed by atoms with Crippen LogP contribution < -0.4 is 0 Å². The third kappa shape index (κ3) is 2.73. The lowest BCUT2D eigenvalue weighted by Gasteiger charge is -2.16. The van der Waals surface area contributed by atoms with Gasteiger partial charge in [-0.15, -0.1) is 11.6 Å². The lowest BCUT2D eigenvalue weighted by molar-refractivity contribution is 0.0786. The number of hydrogen-bond donors (Lipinski definition) is 0. The number of carbonyl (C=O) groups excluding carboxylic acids is 1. The second-order valence-electron chi connectivity index (χ2n) is 3.29. The number of rotatable bonds is 3. The topological polar surface area (TPSA) is 46.3 Å². The van der Waals surface area contributed by atoms with Crippen molar-refractivity contribution in [2.45, 2.75) is 19.2 Å². The van der Waals surface area contributed by atoms with Crippen molar-refractivity contribution in [3.05, 3.63) is 17.5 Å². The minimum Gasteiger partial charge on any atom is -0.361 e. The lowest BCUT2D eigenvalue weighted by Crippen LogP contribution is -2.31. The minimum atomic E-state index is -0.172. The molecule has 14 heavy (non-hydrogen) atoms. The molecule has 1 rings (SSSR count). The van der Waals surface area contributed by atoms with E-state index in [1.165, 1.54) is 4.90 Å². The summed E-state index contributed by atoms with van der Waals surface area (Å²) < 4.78 is 4.81. The fourth-order valence-corrected chi connectivity index (χ4v) is 1.33. The molecule has 1 aromatic heterocycles. The van der Waals surface area contributed by atoms with Gasteiger partial charge in [-0.2, -0.15) is 0 Å². The van der Waals surface area contributed by atoms with Gasteiger partial charge in [0.25, 0.3) is 5.91 Å². The Balaban J connectivity index is 2.65. The molecule has 1 atom stereocenters. The van der Waals surface area contributed by atoms with Gasteiger partial charge in [0.2, 0.25) is 0 Å². The Bertz CT molecular complexity index is 322. The normalized spacial score (nSPS) is 12.6. The zero-order chi connectivity index (χ0) is 10.7. The predicted octanol–water partition coefficient (Wildman–Crippen LogP) is 1.68. The molecule has 0 aliphatic carbocycles. The van der Waals surface area contributed by atoms with Crippen LogP contribution in [0.15, 0.2) is 10.6 Å². The molecule has 0 aliphatic rings. The molecule has 1 heterocycles. The van der Waals surface area contributed by atoms with E-state index >= 15 is 0 Å². The van der Waals surface area contributed by atoms with Crippen molar-refractivity contribution in [2.24, 2.45) is 0 Å². The van der Waals surface area contributed by atoms with Crippen molar-refractivity contribution in [1.29, 1.82) is 0 Å². The molecule has 0 bridgehead atoms. The van der Waals surface area contributed by atoms with Gasteiger partial charge in [0.05, 0.1) is 0 Å². The van der Waals surface area contributed by atoms with Gasteiger partial charge >= 0.3 is 0 Å². The smallest absolute Gasteiger partial charge is 0.275 e. The van der Waals surface area contributed by atoms with Gasteiger partial charge in [-0.25, -0.2) is 0 Å². The summed E-state index contributed by atoms with van der Waals surface area (Å²) in [6.45, 7) is 4.07. The molecule has 0 saturated carbocycles. The predicted molar refractivity (Wildman–Crippen MR) is 53.5 cm³/mol. The van der Waals surface area contributed by atoms with E-state index in [1.807, 2.05) is 6.92 Å². The Hall–Kier alpha value is -1.03. The van der Waals surface area contributed by atoms with Crippen LogP contribution in [0.5, 0.6) is 0 Å². The molecule has 1 aromatic rings. The standard InChI is InChI=1S/C9H13ClN2O2/c1-6(10)5-12(3)9(13)8-4-7(2)14-11-8/h4,6H,5H2,1-3H3. The maximum atomic E-state index is 11.6. The third-order valence-corrected chi connectivity index (χ3v) is 1.86. The first kappa shape index (κ1) is 11.0. The fourth-order valence-electron chi connectivity index (χ4n) is 1.12. The van der Waals surface area contributed by atoms with Crippen LogP contribution in [0.1, 0.15) is 23.2 Å². The zero-order valence-electron chi connectivity index (χ0n) is 8.45. The fraction of sp³-hybridized carbons (Fsp3) is 0.556. The first-order valence-corrected chi connectivity index (χ1v) is 4.77. The molecular formula is C9H13ClN2O2. The zero-order valence-corrected chi connectivity index (χ0v) is 9.21. The van der Waals surface area contributed by atoms with Gasteiger partial charge in [-0.3, -0.25) is 4.79 Å². The SMILES string of the molecule is Cc1cc(C(=O)N(C)CC(C)Cl)no1. The molecule has 0 aliphatic heterocycles. The van der Waals surface area contributed by atoms with Gasteiger partial charge < -0.3 is 9.42 Å². The largest absolute Gasteiger partial charge is 0.361 e. The number of nitrogens with zero attached hydrogens (tertiary/aromatic N) is 2. The quantitative estimate of drug-likeness (QED) is 0.723. The van der Waals surface area contributed by atoms with Crippen molar-refractivity contribution >= 4 is 17.5 Å². The Morgan fingerprint density at radius 2 is 2.43 bits per heavy atom. The lowest BCUT2D eigenvalue weighted by atomic mass is 10.3. The Kier molecular flexibility index (Phi) is 3.52. The van der Waals surface area contributed by atoms with E-state index in [0.29, 0.717) is 18.0 Å². The molecule has 1 unspecified atom stereocenters. The molecule has 4 nitrogen and oxygen atoms in total. The summed E-state index contributed by atoms with van der Waals surface area (Å²) in [5.41, 5.74) is 0.322. The maximum absolute atomic E-state index is 11.6. The van der Waals surface area contributed by atoms with Crippen LogP contribution in [0.25, 0.3) is 0 Å². The van der Waals surface area contributed by atoms with Gasteiger partial charge in [-0.1, -0.05) is 5.16 Å². The number of halogens is 1. The van der Waals surface area contributed by atoms with Crippen molar-refractivity contribution < 1.29 is 9.32 Å². The average molecular weight is 217 g/mol. The van der Waals surface area contributed by atoms with Gasteiger partial charge in [-0.05, 0) is 13.8 Å². The van der Waals surface area contributed by atoms with E-state index in [9.17, 15) is 4.79 Å². The highest BCUT2D eigenvalue weighted by Crippen LogP contribution is 2.06. The van der Waals surface area contributed by atoms with Crippen molar-refractivity contribution in [2.75, 3.05) is 13.6 Å². The summed E-state index contributed by atoms with van der Waals surface area (Å²) >= 11 is 5.77. The number of aromatic nitrogens is 1. The molecule has 1 amide bonds. The molecule has 0 fully saturated rings. The highest BCUT2D eigenvalue weighted by molar-refractivity contribution is 6.20. The molecule has 0 saturated heterocycles. The highest BCUT2D eigenvalue weighted by atomic mass is 35.5. The van der Waals surface area contributed by atoms with Crippen LogP contribution in [0.4, 0.5) is 0 Å². The van der Waals surface area contributed by atoms with Crippen LogP contribution in [-0.4, -0.2) is 34.9 Å². The Morgan fingerprint density at radius 1 is 1.79 bits per heavy atom. The van der Waals surface area contributed by atoms with Crippen LogP contribution in [0.2, 0.25) is 0 Å². The van der Waals surface area contributed by atoms with Crippen LogP contribution in [0.3, 0.4) is 0 Å². The number of hydrogen-bond acceptors (Lipinski definition) is 3. The monoisotopic (exact) mass is 216 g/mol. The van der Waals surface area contributed by atoms with E-state index in [2.05, 4.69) is 5.16 Å². The van der Waals surface area contributed by atoms with E-state index in [-0.39, 0.29) is 11.3 Å². The Morgan fingerprint density at radius 3 is 2.86 bits per heavy atom. The number of carbonyl (C=O) groups is 1. The second kappa shape index (κ2) is 4.46. The molecule has 0 radical (unpaired) electrons. The first-order valence-electron chi connectivity index (χ1n) is 4.33. The summed E-state index contributed by atoms with van der Waals surface area (Å²) in [5, 5.41) is 3.56. The summed E-state index contributed by atoms with van der Waals surface area (Å²) in [6.07, 6.45) is 0. The van der Waals surface area contributed by atoms with Crippen molar-refractivity contribution in [3.8, 4) is 0 Å². The molecule has 0 spiro atoms. The number of alkyl halides is 1. The van der Waals surface area contributed by atoms with Gasteiger partial charge in [0.1, 0.15) is 5.76 Å². The summed E-state index contributed by atoms with van der Waals surface area (Å²) in [5.74, 6) is 0.454. The first-order chi connectivity index (χ1) is 6.50. The molecule has 0 aromatic carbocycles. The van der Waals surface area contributed by atoms with Crippen LogP contribution >= 0.6 is 11.6 Å². The van der Waals surface area contributed by atoms with E-state index in [1.54, 1.807) is 20.0 Å². The Labute approximate surface area is 87.8 Å². The van der Waals surface area contributed by atoms with Crippen LogP contribution in [0, 0.1) is 6.92 Å². The van der Waals surface area contributed by atoms with E-state index in [4.69, 9.17) is 16.1 Å². The van der Waals surface area contributed by atoms with E-state index in [0.717, 1.165) is 0 Å². The molecule has 5 heteroatoms. The third-order valence-electron chi connectivity index (χ3n) is 1.72. The minimum absolute atomic E-state index is 0.0723. The molecule has 78 valence electrons. The van der Waals surface area contributed by atoms with Gasteiger partial charge in [0, 0.05) is 25.0 Å².